The highest BCUT2D eigenvalue weighted by molar-refractivity contribution is 5.93. The van der Waals surface area contributed by atoms with Crippen LogP contribution in [-0.2, 0) is 52.1 Å². The average Bonchev–Trinajstić information content (AvgIpc) is 1.72. The van der Waals surface area contributed by atoms with E-state index in [1.807, 2.05) is 0 Å². The number of hydrogen-bond donors (Lipinski definition) is 0. The zero-order valence-electron chi connectivity index (χ0n) is 48.7. The number of hydrogen-bond acceptors (Lipinski definition) is 19. The van der Waals surface area contributed by atoms with Crippen molar-refractivity contribution < 1.29 is 85.7 Å². The molecule has 0 amide bonds. The molecular weight excluding hydrogens is 1160 g/mol. The van der Waals surface area contributed by atoms with Gasteiger partial charge in [0.2, 0.25) is 0 Å². The Balaban J connectivity index is 1.14. The Labute approximate surface area is 518 Å². The van der Waals surface area contributed by atoms with Gasteiger partial charge in [0.05, 0.1) is 38.9 Å². The Morgan fingerprint density at radius 2 is 0.689 bits per heavy atom. The minimum atomic E-state index is -1.95. The third kappa shape index (κ3) is 18.1. The third-order valence-electron chi connectivity index (χ3n) is 14.5. The lowest BCUT2D eigenvalue weighted by Gasteiger charge is -2.31. The Morgan fingerprint density at radius 1 is 0.378 bits per heavy atom. The number of esters is 7. The van der Waals surface area contributed by atoms with Gasteiger partial charge in [-0.1, -0.05) is 158 Å². The smallest absolute Gasteiger partial charge is 0.338 e. The van der Waals surface area contributed by atoms with E-state index in [4.69, 9.17) is 57.6 Å². The molecule has 0 unspecified atom stereocenters. The molecule has 7 aromatic rings. The average molecular weight is 1220 g/mol. The number of benzene rings is 7. The van der Waals surface area contributed by atoms with Crippen molar-refractivity contribution in [2.75, 3.05) is 26.4 Å². The van der Waals surface area contributed by atoms with Gasteiger partial charge in [0, 0.05) is 18.1 Å². The fourth-order valence-corrected chi connectivity index (χ4v) is 9.95. The molecule has 2 aliphatic heterocycles. The number of carbonyl (C=O) groups is 7. The second-order valence-electron chi connectivity index (χ2n) is 20.7. The Hall–Kier alpha value is -10.0. The topological polar surface area (TPSA) is 270 Å². The summed E-state index contributed by atoms with van der Waals surface area (Å²) in [6, 6.07) is 55.4. The van der Waals surface area contributed by atoms with E-state index >= 15 is 0 Å². The molecule has 90 heavy (non-hydrogen) atoms. The highest BCUT2D eigenvalue weighted by atomic mass is 16.8. The van der Waals surface area contributed by atoms with Gasteiger partial charge in [-0.3, -0.25) is 0 Å². The van der Waals surface area contributed by atoms with Crippen molar-refractivity contribution in [2.24, 2.45) is 5.11 Å². The second kappa shape index (κ2) is 33.4. The van der Waals surface area contributed by atoms with E-state index in [2.05, 4.69) is 10.0 Å². The van der Waals surface area contributed by atoms with Gasteiger partial charge in [-0.2, -0.15) is 0 Å². The van der Waals surface area contributed by atoms with Gasteiger partial charge in [-0.25, -0.2) is 33.6 Å². The fraction of sp³-hybridized carbons (Fsp3) is 0.290. The largest absolute Gasteiger partial charge is 0.459 e. The van der Waals surface area contributed by atoms with Gasteiger partial charge < -0.3 is 52.1 Å². The molecule has 0 aliphatic carbocycles. The van der Waals surface area contributed by atoms with Crippen LogP contribution in [0, 0.1) is 0 Å². The molecule has 0 bridgehead atoms. The minimum Gasteiger partial charge on any atom is -0.459 e. The number of ether oxygens (including phenoxy) is 11. The Morgan fingerprint density at radius 3 is 1.09 bits per heavy atom. The maximum Gasteiger partial charge on any atom is 0.338 e. The highest BCUT2D eigenvalue weighted by Crippen LogP contribution is 2.38. The summed E-state index contributed by atoms with van der Waals surface area (Å²) in [6.07, 6.45) is -12.7. The van der Waals surface area contributed by atoms with Gasteiger partial charge in [-0.15, -0.1) is 0 Å². The third-order valence-corrected chi connectivity index (χ3v) is 14.5. The summed E-state index contributed by atoms with van der Waals surface area (Å²) in [7, 11) is 0. The molecule has 0 saturated carbocycles. The lowest BCUT2D eigenvalue weighted by Crippen LogP contribution is -2.50. The first-order valence-corrected chi connectivity index (χ1v) is 29.4. The molecule has 7 aromatic carbocycles. The number of unbranched alkanes of at least 4 members (excludes halogenated alkanes) is 5. The molecule has 21 nitrogen and oxygen atoms in total. The van der Waals surface area contributed by atoms with Gasteiger partial charge in [0.1, 0.15) is 31.5 Å². The summed E-state index contributed by atoms with van der Waals surface area (Å²) in [5.41, 5.74) is 9.28. The molecule has 0 N–H and O–H groups in total. The van der Waals surface area contributed by atoms with Crippen LogP contribution < -0.4 is 0 Å². The van der Waals surface area contributed by atoms with Gasteiger partial charge in [0.25, 0.3) is 0 Å². The van der Waals surface area contributed by atoms with Crippen molar-refractivity contribution in [3.63, 3.8) is 0 Å². The molecular formula is C69H65N3O18. The zero-order chi connectivity index (χ0) is 62.9. The van der Waals surface area contributed by atoms with Crippen LogP contribution >= 0.6 is 0 Å². The number of carbonyl (C=O) groups excluding carboxylic acids is 7. The van der Waals surface area contributed by atoms with Crippen molar-refractivity contribution in [3.8, 4) is 0 Å². The van der Waals surface area contributed by atoms with Gasteiger partial charge in [0.15, 0.2) is 43.1 Å². The Bertz CT molecular complexity index is 3500. The van der Waals surface area contributed by atoms with Crippen molar-refractivity contribution in [1.82, 2.24) is 0 Å². The first kappa shape index (κ1) is 64.5. The molecule has 2 aliphatic rings. The minimum absolute atomic E-state index is 0.0328. The van der Waals surface area contributed by atoms with Crippen molar-refractivity contribution in [2.45, 2.75) is 99.9 Å². The monoisotopic (exact) mass is 1220 g/mol. The van der Waals surface area contributed by atoms with E-state index in [9.17, 15) is 33.6 Å². The van der Waals surface area contributed by atoms with E-state index in [1.54, 1.807) is 127 Å². The lowest BCUT2D eigenvalue weighted by atomic mass is 10.0. The molecule has 2 saturated heterocycles. The normalized spacial score (nSPS) is 19.8. The predicted octanol–water partition coefficient (Wildman–Crippen LogP) is 11.3. The number of azide groups is 1. The second-order valence-corrected chi connectivity index (χ2v) is 20.7. The molecule has 2 fully saturated rings. The van der Waals surface area contributed by atoms with Crippen LogP contribution in [-0.4, -0.2) is 130 Å². The number of nitrogens with zero attached hydrogens (tertiary/aromatic N) is 3. The van der Waals surface area contributed by atoms with Crippen LogP contribution in [0.4, 0.5) is 0 Å². The van der Waals surface area contributed by atoms with E-state index < -0.39 is 116 Å². The summed E-state index contributed by atoms with van der Waals surface area (Å²) in [6.45, 7) is -1.07. The van der Waals surface area contributed by atoms with Crippen molar-refractivity contribution in [3.05, 3.63) is 262 Å². The summed E-state index contributed by atoms with van der Waals surface area (Å²) in [4.78, 5) is 103. The molecule has 9 rings (SSSR count). The molecule has 0 radical (unpaired) electrons. The molecule has 10 atom stereocenters. The summed E-state index contributed by atoms with van der Waals surface area (Å²) in [5.74, 6) is -6.29. The molecule has 464 valence electrons. The van der Waals surface area contributed by atoms with Crippen molar-refractivity contribution >= 4 is 41.8 Å². The van der Waals surface area contributed by atoms with E-state index in [0.29, 0.717) is 19.4 Å². The van der Waals surface area contributed by atoms with Gasteiger partial charge >= 0.3 is 41.8 Å². The summed E-state index contributed by atoms with van der Waals surface area (Å²) < 4.78 is 70.3. The first-order chi connectivity index (χ1) is 44.0. The molecule has 2 heterocycles. The van der Waals surface area contributed by atoms with Crippen LogP contribution in [0.25, 0.3) is 10.4 Å². The molecule has 0 spiro atoms. The standard InChI is InChI=1S/C69H65N3O18/c70-72-71-42-26-3-1-2-4-27-43-80-68-59(87-66(78)51-38-22-10-23-39-51)57(85-64(76)49-34-18-8-19-35-49)56(89-68)54(45-82-62(74)47-30-14-6-15-31-47)84-69-60(88-67(79)52-40-24-11-25-41-52)58(86-65(77)50-36-20-9-21-37-50)55(90-69)53(83-63(75)48-32-16-7-17-33-48)44-81-61(73)46-28-12-5-13-29-46/h5-25,28-41,53-60,68-69H,1-4,26-27,42-45H2/t53-,54-,55+,56+,57+,58+,59-,60-,68-,69-/m1/s1. The van der Waals surface area contributed by atoms with Crippen LogP contribution in [0.1, 0.15) is 111 Å². The maximum atomic E-state index is 14.6. The van der Waals surface area contributed by atoms with E-state index in [-0.39, 0.29) is 45.6 Å². The quantitative estimate of drug-likeness (QED) is 0.0101. The van der Waals surface area contributed by atoms with Crippen LogP contribution in [0.3, 0.4) is 0 Å². The molecule has 0 aromatic heterocycles. The summed E-state index contributed by atoms with van der Waals surface area (Å²) in [5, 5.41) is 3.60. The van der Waals surface area contributed by atoms with E-state index in [0.717, 1.165) is 25.7 Å². The van der Waals surface area contributed by atoms with E-state index in [1.165, 1.54) is 84.9 Å². The predicted molar refractivity (Wildman–Crippen MR) is 322 cm³/mol. The van der Waals surface area contributed by atoms with Crippen molar-refractivity contribution in [1.29, 1.82) is 0 Å². The molecule has 21 heteroatoms. The Kier molecular flexibility index (Phi) is 23.9. The zero-order valence-corrected chi connectivity index (χ0v) is 48.7. The van der Waals surface area contributed by atoms with Crippen LogP contribution in [0.2, 0.25) is 0 Å². The maximum absolute atomic E-state index is 14.6. The number of rotatable bonds is 30. The summed E-state index contributed by atoms with van der Waals surface area (Å²) >= 11 is 0. The van der Waals surface area contributed by atoms with Crippen LogP contribution in [0.15, 0.2) is 217 Å². The van der Waals surface area contributed by atoms with Gasteiger partial charge in [-0.05, 0) is 103 Å². The SMILES string of the molecule is [N-]=[N+]=NCCCCCCCCO[C@@H]1O[C@@H]([C@@H](COC(=O)c2ccccc2)O[C@@H]2O[C@@H]([C@@H](COC(=O)c3ccccc3)OC(=O)c3ccccc3)[C@H](OC(=O)c3ccccc3)[C@H]2OC(=O)c2ccccc2)[C@H](OC(=O)c2ccccc2)[C@H]1OC(=O)c1ccccc1. The highest BCUT2D eigenvalue weighted by Gasteiger charge is 2.59. The lowest BCUT2D eigenvalue weighted by molar-refractivity contribution is -0.243. The fourth-order valence-electron chi connectivity index (χ4n) is 9.95. The first-order valence-electron chi connectivity index (χ1n) is 29.4. The van der Waals surface area contributed by atoms with Crippen LogP contribution in [0.5, 0.6) is 0 Å².